The lowest BCUT2D eigenvalue weighted by molar-refractivity contribution is -0.252. The van der Waals surface area contributed by atoms with Crippen molar-refractivity contribution in [2.75, 3.05) is 5.32 Å². The van der Waals surface area contributed by atoms with Gasteiger partial charge in [-0.15, -0.1) is 11.3 Å². The molecule has 0 aliphatic rings. The standard InChI is InChI=1S/C18H13F3N4O2S2/c1-17(27,18(19,20)21)7-14-23-16(29-25-14)24-15(26)12-6-13(28-9-12)11-4-2-3-10(5-11)8-22/h2-6,9,27H,7H2,1H3,(H,23,24,25,26). The Labute approximate surface area is 171 Å². The second-order valence-electron chi connectivity index (χ2n) is 6.31. The van der Waals surface area contributed by atoms with Gasteiger partial charge in [-0.25, -0.2) is 4.98 Å². The summed E-state index contributed by atoms with van der Waals surface area (Å²) in [7, 11) is 0. The minimum Gasteiger partial charge on any atom is -0.380 e. The molecular weight excluding hydrogens is 425 g/mol. The van der Waals surface area contributed by atoms with Crippen LogP contribution in [0.5, 0.6) is 0 Å². The van der Waals surface area contributed by atoms with Crippen molar-refractivity contribution in [3.05, 3.63) is 52.7 Å². The first kappa shape index (κ1) is 20.9. The van der Waals surface area contributed by atoms with Gasteiger partial charge in [0.15, 0.2) is 5.60 Å². The van der Waals surface area contributed by atoms with E-state index in [4.69, 9.17) is 5.26 Å². The van der Waals surface area contributed by atoms with Crippen LogP contribution in [0.15, 0.2) is 35.7 Å². The molecule has 2 N–H and O–H groups in total. The summed E-state index contributed by atoms with van der Waals surface area (Å²) in [6.45, 7) is 0.639. The van der Waals surface area contributed by atoms with Crippen LogP contribution in [-0.2, 0) is 6.42 Å². The number of nitriles is 1. The molecule has 0 radical (unpaired) electrons. The van der Waals surface area contributed by atoms with Crippen LogP contribution in [0.2, 0.25) is 0 Å². The summed E-state index contributed by atoms with van der Waals surface area (Å²) in [5.74, 6) is -0.707. The van der Waals surface area contributed by atoms with Crippen molar-refractivity contribution < 1.29 is 23.1 Å². The average molecular weight is 438 g/mol. The first-order valence-corrected chi connectivity index (χ1v) is 9.76. The quantitative estimate of drug-likeness (QED) is 0.621. The number of carbonyl (C=O) groups excluding carboxylic acids is 1. The Kier molecular flexibility index (Phi) is 5.70. The predicted octanol–water partition coefficient (Wildman–Crippen LogP) is 4.25. The van der Waals surface area contributed by atoms with Crippen molar-refractivity contribution in [2.45, 2.75) is 25.1 Å². The highest BCUT2D eigenvalue weighted by atomic mass is 32.1. The number of aliphatic hydroxyl groups is 1. The van der Waals surface area contributed by atoms with Crippen molar-refractivity contribution in [2.24, 2.45) is 0 Å². The van der Waals surface area contributed by atoms with Gasteiger partial charge in [0, 0.05) is 28.2 Å². The molecular formula is C18H13F3N4O2S2. The highest BCUT2D eigenvalue weighted by Gasteiger charge is 2.50. The number of alkyl halides is 3. The van der Waals surface area contributed by atoms with Crippen molar-refractivity contribution in [1.29, 1.82) is 5.26 Å². The fourth-order valence-electron chi connectivity index (χ4n) is 2.30. The minimum absolute atomic E-state index is 0.0298. The number of thiophene rings is 1. The second-order valence-corrected chi connectivity index (χ2v) is 7.97. The first-order chi connectivity index (χ1) is 13.6. The van der Waals surface area contributed by atoms with E-state index in [1.807, 2.05) is 6.07 Å². The van der Waals surface area contributed by atoms with Gasteiger partial charge < -0.3 is 5.11 Å². The molecule has 3 rings (SSSR count). The van der Waals surface area contributed by atoms with E-state index in [2.05, 4.69) is 20.7 Å². The molecule has 2 aromatic heterocycles. The van der Waals surface area contributed by atoms with Crippen LogP contribution in [0.4, 0.5) is 18.3 Å². The molecule has 2 heterocycles. The van der Waals surface area contributed by atoms with Crippen molar-refractivity contribution in [1.82, 2.24) is 9.36 Å². The Balaban J connectivity index is 1.70. The van der Waals surface area contributed by atoms with E-state index >= 15 is 0 Å². The van der Waals surface area contributed by atoms with E-state index in [1.54, 1.807) is 29.6 Å². The molecule has 1 unspecified atom stereocenters. The summed E-state index contributed by atoms with van der Waals surface area (Å²) in [5, 5.41) is 22.6. The van der Waals surface area contributed by atoms with Crippen LogP contribution in [0, 0.1) is 11.3 Å². The molecule has 0 saturated carbocycles. The van der Waals surface area contributed by atoms with Gasteiger partial charge in [-0.05, 0) is 30.7 Å². The number of hydrogen-bond donors (Lipinski definition) is 2. The number of halogens is 3. The number of nitrogens with zero attached hydrogens (tertiary/aromatic N) is 3. The lowest BCUT2D eigenvalue weighted by atomic mass is 10.0. The van der Waals surface area contributed by atoms with Crippen molar-refractivity contribution in [3.63, 3.8) is 0 Å². The molecule has 0 saturated heterocycles. The number of benzene rings is 1. The zero-order valence-electron chi connectivity index (χ0n) is 14.8. The fraction of sp³-hybridized carbons (Fsp3) is 0.222. The Morgan fingerprint density at radius 1 is 1.34 bits per heavy atom. The van der Waals surface area contributed by atoms with Gasteiger partial charge in [-0.2, -0.15) is 22.8 Å². The second kappa shape index (κ2) is 7.90. The molecule has 0 spiro atoms. The van der Waals surface area contributed by atoms with E-state index in [1.165, 1.54) is 11.3 Å². The topological polar surface area (TPSA) is 98.9 Å². The van der Waals surface area contributed by atoms with Gasteiger partial charge in [-0.3, -0.25) is 10.1 Å². The van der Waals surface area contributed by atoms with Crippen molar-refractivity contribution >= 4 is 33.9 Å². The summed E-state index contributed by atoms with van der Waals surface area (Å²) in [4.78, 5) is 17.0. The Morgan fingerprint density at radius 3 is 2.79 bits per heavy atom. The molecule has 0 bridgehead atoms. The first-order valence-electron chi connectivity index (χ1n) is 8.11. The molecule has 1 atom stereocenters. The largest absolute Gasteiger partial charge is 0.417 e. The van der Waals surface area contributed by atoms with Gasteiger partial charge in [0.2, 0.25) is 5.13 Å². The molecule has 6 nitrogen and oxygen atoms in total. The van der Waals surface area contributed by atoms with E-state index in [0.29, 0.717) is 18.1 Å². The minimum atomic E-state index is -4.82. The summed E-state index contributed by atoms with van der Waals surface area (Å²) < 4.78 is 42.0. The van der Waals surface area contributed by atoms with E-state index < -0.39 is 24.1 Å². The highest BCUT2D eigenvalue weighted by molar-refractivity contribution is 7.14. The Morgan fingerprint density at radius 2 is 2.10 bits per heavy atom. The third-order valence-electron chi connectivity index (χ3n) is 3.94. The molecule has 1 amide bonds. The van der Waals surface area contributed by atoms with Crippen LogP contribution in [-0.4, -0.2) is 32.1 Å². The van der Waals surface area contributed by atoms with Gasteiger partial charge in [0.05, 0.1) is 17.2 Å². The number of hydrogen-bond acceptors (Lipinski definition) is 7. The highest BCUT2D eigenvalue weighted by Crippen LogP contribution is 2.33. The third-order valence-corrected chi connectivity index (χ3v) is 5.59. The zero-order valence-corrected chi connectivity index (χ0v) is 16.5. The fourth-order valence-corrected chi connectivity index (χ4v) is 3.77. The van der Waals surface area contributed by atoms with E-state index in [-0.39, 0.29) is 11.0 Å². The summed E-state index contributed by atoms with van der Waals surface area (Å²) >= 11 is 2.04. The van der Waals surface area contributed by atoms with E-state index in [9.17, 15) is 23.1 Å². The number of amides is 1. The summed E-state index contributed by atoms with van der Waals surface area (Å²) in [6, 6.07) is 10.6. The molecule has 1 aromatic carbocycles. The normalized spacial score (nSPS) is 13.5. The van der Waals surface area contributed by atoms with Gasteiger partial charge in [0.1, 0.15) is 5.82 Å². The lowest BCUT2D eigenvalue weighted by Gasteiger charge is -2.24. The number of anilines is 1. The number of aromatic nitrogens is 2. The molecule has 0 aliphatic carbocycles. The monoisotopic (exact) mass is 438 g/mol. The molecule has 3 aromatic rings. The zero-order chi connectivity index (χ0) is 21.2. The maximum absolute atomic E-state index is 12.8. The van der Waals surface area contributed by atoms with E-state index in [0.717, 1.165) is 22.0 Å². The van der Waals surface area contributed by atoms with Crippen molar-refractivity contribution in [3.8, 4) is 16.5 Å². The Bertz CT molecular complexity index is 1080. The summed E-state index contributed by atoms with van der Waals surface area (Å²) in [5.41, 5.74) is -1.33. The number of carbonyl (C=O) groups is 1. The smallest absolute Gasteiger partial charge is 0.380 e. The maximum atomic E-state index is 12.8. The van der Waals surface area contributed by atoms with Gasteiger partial charge in [0.25, 0.3) is 5.91 Å². The van der Waals surface area contributed by atoms with Crippen LogP contribution in [0.1, 0.15) is 28.7 Å². The SMILES string of the molecule is CC(O)(Cc1nsc(NC(=O)c2csc(-c3cccc(C#N)c3)c2)n1)C(F)(F)F. The molecule has 150 valence electrons. The van der Waals surface area contributed by atoms with Crippen LogP contribution in [0.3, 0.4) is 0 Å². The number of nitrogens with one attached hydrogen (secondary N) is 1. The van der Waals surface area contributed by atoms with Crippen LogP contribution >= 0.6 is 22.9 Å². The molecule has 0 aliphatic heterocycles. The Hall–Kier alpha value is -2.81. The lowest BCUT2D eigenvalue weighted by Crippen LogP contribution is -2.44. The molecule has 0 fully saturated rings. The van der Waals surface area contributed by atoms with Gasteiger partial charge in [-0.1, -0.05) is 12.1 Å². The average Bonchev–Trinajstić information content (AvgIpc) is 3.30. The maximum Gasteiger partial charge on any atom is 0.417 e. The van der Waals surface area contributed by atoms with Crippen LogP contribution < -0.4 is 5.32 Å². The van der Waals surface area contributed by atoms with Crippen LogP contribution in [0.25, 0.3) is 10.4 Å². The predicted molar refractivity (Wildman–Crippen MR) is 103 cm³/mol. The van der Waals surface area contributed by atoms with Gasteiger partial charge >= 0.3 is 6.18 Å². The molecule has 11 heteroatoms. The third kappa shape index (κ3) is 4.79. The summed E-state index contributed by atoms with van der Waals surface area (Å²) in [6.07, 6.45) is -5.64. The molecule has 29 heavy (non-hydrogen) atoms. The number of rotatable bonds is 5.